The van der Waals surface area contributed by atoms with Crippen LogP contribution in [0.4, 0.5) is 0 Å². The van der Waals surface area contributed by atoms with E-state index in [-0.39, 0.29) is 0 Å². The molecule has 0 amide bonds. The standard InChI is InChI=1S/C24H23N5O3/c1-16-21(25-24(31-16)17-7-3-2-4-8-17)15-30-19-12-11-18-13-20(32-22(18)14-19)9-5-6-10-23-26-28-29-27-23/h2-4,7-8,11-14H,5-6,9-10,15H2,1H3,(H,26,27,28,29). The van der Waals surface area contributed by atoms with E-state index in [2.05, 4.69) is 31.7 Å². The normalized spacial score (nSPS) is 11.3. The highest BCUT2D eigenvalue weighted by Crippen LogP contribution is 2.27. The zero-order valence-electron chi connectivity index (χ0n) is 17.7. The molecule has 0 radical (unpaired) electrons. The van der Waals surface area contributed by atoms with Gasteiger partial charge < -0.3 is 13.6 Å². The lowest BCUT2D eigenvalue weighted by molar-refractivity contribution is 0.299. The number of hydrogen-bond donors (Lipinski definition) is 1. The second-order valence-corrected chi connectivity index (χ2v) is 7.62. The maximum absolute atomic E-state index is 6.02. The highest BCUT2D eigenvalue weighted by molar-refractivity contribution is 5.79. The topological polar surface area (TPSA) is 103 Å². The van der Waals surface area contributed by atoms with Gasteiger partial charge in [0, 0.05) is 29.9 Å². The Morgan fingerprint density at radius 1 is 0.969 bits per heavy atom. The van der Waals surface area contributed by atoms with E-state index >= 15 is 0 Å². The van der Waals surface area contributed by atoms with E-state index in [4.69, 9.17) is 13.6 Å². The fourth-order valence-electron chi connectivity index (χ4n) is 3.57. The number of aromatic amines is 1. The summed E-state index contributed by atoms with van der Waals surface area (Å²) in [4.78, 5) is 4.59. The highest BCUT2D eigenvalue weighted by atomic mass is 16.5. The third kappa shape index (κ3) is 4.54. The average molecular weight is 429 g/mol. The lowest BCUT2D eigenvalue weighted by atomic mass is 10.1. The largest absolute Gasteiger partial charge is 0.487 e. The molecule has 162 valence electrons. The first kappa shape index (κ1) is 20.0. The van der Waals surface area contributed by atoms with E-state index in [1.54, 1.807) is 0 Å². The van der Waals surface area contributed by atoms with Crippen molar-refractivity contribution in [1.82, 2.24) is 25.6 Å². The third-order valence-corrected chi connectivity index (χ3v) is 5.29. The molecule has 0 bridgehead atoms. The number of ether oxygens (including phenoxy) is 1. The van der Waals surface area contributed by atoms with Crippen LogP contribution in [-0.4, -0.2) is 25.6 Å². The van der Waals surface area contributed by atoms with Gasteiger partial charge >= 0.3 is 0 Å². The summed E-state index contributed by atoms with van der Waals surface area (Å²) < 4.78 is 17.8. The summed E-state index contributed by atoms with van der Waals surface area (Å²) in [5.41, 5.74) is 2.55. The zero-order chi connectivity index (χ0) is 21.8. The average Bonchev–Trinajstić information content (AvgIpc) is 3.55. The quantitative estimate of drug-likeness (QED) is 0.327. The van der Waals surface area contributed by atoms with E-state index in [1.165, 1.54) is 0 Å². The van der Waals surface area contributed by atoms with Gasteiger partial charge in [-0.25, -0.2) is 4.98 Å². The molecule has 0 fully saturated rings. The van der Waals surface area contributed by atoms with Crippen LogP contribution >= 0.6 is 0 Å². The molecule has 2 aromatic carbocycles. The van der Waals surface area contributed by atoms with Crippen molar-refractivity contribution in [2.45, 2.75) is 39.2 Å². The van der Waals surface area contributed by atoms with E-state index < -0.39 is 0 Å². The summed E-state index contributed by atoms with van der Waals surface area (Å²) in [5, 5.41) is 15.1. The summed E-state index contributed by atoms with van der Waals surface area (Å²) in [5.74, 6) is 3.80. The Labute approximate surface area is 184 Å². The van der Waals surface area contributed by atoms with Crippen LogP contribution in [-0.2, 0) is 19.4 Å². The molecule has 5 aromatic rings. The van der Waals surface area contributed by atoms with Gasteiger partial charge in [0.1, 0.15) is 35.2 Å². The minimum absolute atomic E-state index is 0.331. The van der Waals surface area contributed by atoms with Crippen LogP contribution in [0.1, 0.15) is 35.9 Å². The SMILES string of the molecule is Cc1oc(-c2ccccc2)nc1COc1ccc2cc(CCCCc3nn[nH]n3)oc2c1. The molecule has 8 nitrogen and oxygen atoms in total. The second-order valence-electron chi connectivity index (χ2n) is 7.62. The van der Waals surface area contributed by atoms with Gasteiger partial charge in [0.05, 0.1) is 0 Å². The smallest absolute Gasteiger partial charge is 0.226 e. The highest BCUT2D eigenvalue weighted by Gasteiger charge is 2.12. The van der Waals surface area contributed by atoms with Crippen LogP contribution in [0, 0.1) is 6.92 Å². The van der Waals surface area contributed by atoms with Gasteiger partial charge in [0.15, 0.2) is 5.82 Å². The summed E-state index contributed by atoms with van der Waals surface area (Å²) in [7, 11) is 0. The maximum Gasteiger partial charge on any atom is 0.226 e. The summed E-state index contributed by atoms with van der Waals surface area (Å²) >= 11 is 0. The number of H-pyrrole nitrogens is 1. The Morgan fingerprint density at radius 3 is 2.69 bits per heavy atom. The second kappa shape index (κ2) is 9.05. The number of fused-ring (bicyclic) bond motifs is 1. The lowest BCUT2D eigenvalue weighted by Crippen LogP contribution is -1.97. The van der Waals surface area contributed by atoms with Gasteiger partial charge in [0.25, 0.3) is 0 Å². The van der Waals surface area contributed by atoms with Gasteiger partial charge in [0.2, 0.25) is 5.89 Å². The van der Waals surface area contributed by atoms with Crippen molar-refractivity contribution in [3.8, 4) is 17.2 Å². The van der Waals surface area contributed by atoms with Crippen molar-refractivity contribution in [2.75, 3.05) is 0 Å². The zero-order valence-corrected chi connectivity index (χ0v) is 17.7. The molecule has 1 N–H and O–H groups in total. The van der Waals surface area contributed by atoms with Crippen LogP contribution in [0.3, 0.4) is 0 Å². The van der Waals surface area contributed by atoms with Gasteiger partial charge in [-0.05, 0) is 50.1 Å². The van der Waals surface area contributed by atoms with Gasteiger partial charge in [-0.15, -0.1) is 10.2 Å². The van der Waals surface area contributed by atoms with E-state index in [0.717, 1.165) is 71.0 Å². The van der Waals surface area contributed by atoms with Crippen molar-refractivity contribution in [3.63, 3.8) is 0 Å². The minimum atomic E-state index is 0.331. The molecular formula is C24H23N5O3. The van der Waals surface area contributed by atoms with Crippen molar-refractivity contribution in [3.05, 3.63) is 77.6 Å². The predicted molar refractivity (Wildman–Crippen MR) is 118 cm³/mol. The summed E-state index contributed by atoms with van der Waals surface area (Å²) in [6.07, 6.45) is 3.64. The monoisotopic (exact) mass is 429 g/mol. The Kier molecular flexibility index (Phi) is 5.65. The number of benzene rings is 2. The van der Waals surface area contributed by atoms with Gasteiger partial charge in [-0.3, -0.25) is 0 Å². The minimum Gasteiger partial charge on any atom is -0.487 e. The third-order valence-electron chi connectivity index (χ3n) is 5.29. The molecule has 8 heteroatoms. The summed E-state index contributed by atoms with van der Waals surface area (Å²) in [6.45, 7) is 2.23. The lowest BCUT2D eigenvalue weighted by Gasteiger charge is -2.04. The van der Waals surface area contributed by atoms with Crippen molar-refractivity contribution in [2.24, 2.45) is 0 Å². The molecule has 5 rings (SSSR count). The number of nitrogens with zero attached hydrogens (tertiary/aromatic N) is 4. The number of nitrogens with one attached hydrogen (secondary N) is 1. The molecule has 0 aliphatic heterocycles. The fourth-order valence-corrected chi connectivity index (χ4v) is 3.57. The van der Waals surface area contributed by atoms with E-state index in [9.17, 15) is 0 Å². The molecule has 0 aliphatic carbocycles. The molecule has 0 atom stereocenters. The molecule has 0 aliphatic rings. The van der Waals surface area contributed by atoms with Crippen molar-refractivity contribution >= 4 is 11.0 Å². The number of rotatable bonds is 9. The van der Waals surface area contributed by atoms with Crippen LogP contribution in [0.25, 0.3) is 22.4 Å². The first-order valence-electron chi connectivity index (χ1n) is 10.6. The maximum atomic E-state index is 6.02. The number of tetrazole rings is 1. The summed E-state index contributed by atoms with van der Waals surface area (Å²) in [6, 6.07) is 17.8. The molecule has 0 spiro atoms. The van der Waals surface area contributed by atoms with Crippen molar-refractivity contribution in [1.29, 1.82) is 0 Å². The molecule has 3 heterocycles. The Balaban J connectivity index is 1.19. The number of aryl methyl sites for hydroxylation is 3. The molecular weight excluding hydrogens is 406 g/mol. The Morgan fingerprint density at radius 2 is 1.84 bits per heavy atom. The number of oxazole rings is 1. The number of furan rings is 1. The predicted octanol–water partition coefficient (Wildman–Crippen LogP) is 5.05. The Bertz CT molecular complexity index is 1290. The molecule has 0 saturated carbocycles. The molecule has 3 aromatic heterocycles. The first-order valence-corrected chi connectivity index (χ1v) is 10.6. The van der Waals surface area contributed by atoms with Crippen LogP contribution in [0.5, 0.6) is 5.75 Å². The van der Waals surface area contributed by atoms with Gasteiger partial charge in [-0.2, -0.15) is 5.21 Å². The van der Waals surface area contributed by atoms with Crippen LogP contribution < -0.4 is 4.74 Å². The van der Waals surface area contributed by atoms with Gasteiger partial charge in [-0.1, -0.05) is 23.4 Å². The number of aromatic nitrogens is 5. The van der Waals surface area contributed by atoms with E-state index in [0.29, 0.717) is 12.5 Å². The van der Waals surface area contributed by atoms with Crippen LogP contribution in [0.15, 0.2) is 63.4 Å². The van der Waals surface area contributed by atoms with Crippen LogP contribution in [0.2, 0.25) is 0 Å². The van der Waals surface area contributed by atoms with Crippen molar-refractivity contribution < 1.29 is 13.6 Å². The van der Waals surface area contributed by atoms with E-state index in [1.807, 2.05) is 55.5 Å². The first-order chi connectivity index (χ1) is 15.7. The fraction of sp³-hybridized carbons (Fsp3) is 0.250. The molecule has 0 unspecified atom stereocenters. The number of unbranched alkanes of at least 4 members (excludes halogenated alkanes) is 1. The number of hydrogen-bond acceptors (Lipinski definition) is 7. The Hall–Kier alpha value is -3.94. The molecule has 32 heavy (non-hydrogen) atoms. The molecule has 0 saturated heterocycles.